The predicted molar refractivity (Wildman–Crippen MR) is 317 cm³/mol. The highest BCUT2D eigenvalue weighted by Crippen LogP contribution is 2.43. The van der Waals surface area contributed by atoms with Crippen molar-refractivity contribution in [1.82, 2.24) is 0 Å². The van der Waals surface area contributed by atoms with Gasteiger partial charge in [0.25, 0.3) is 0 Å². The Balaban J connectivity index is 3.99. The van der Waals surface area contributed by atoms with Crippen molar-refractivity contribution in [3.63, 3.8) is 0 Å². The number of carbonyl (C=O) groups excluding carboxylic acids is 2. The number of phosphoric acid groups is 1. The largest absolute Gasteiger partial charge is 0.472 e. The molecule has 0 saturated carbocycles. The molecule has 0 aromatic heterocycles. The van der Waals surface area contributed by atoms with Crippen LogP contribution in [0.2, 0.25) is 0 Å². The van der Waals surface area contributed by atoms with Crippen LogP contribution in [0.15, 0.2) is 48.6 Å². The minimum absolute atomic E-state index is 0.0265. The topological polar surface area (TPSA) is 108 Å². The van der Waals surface area contributed by atoms with Crippen LogP contribution in [-0.2, 0) is 32.7 Å². The van der Waals surface area contributed by atoms with Gasteiger partial charge >= 0.3 is 19.8 Å². The zero-order chi connectivity index (χ0) is 54.2. The summed E-state index contributed by atoms with van der Waals surface area (Å²) in [4.78, 5) is 35.7. The molecule has 2 unspecified atom stereocenters. The van der Waals surface area contributed by atoms with Crippen LogP contribution in [0.25, 0.3) is 0 Å². The fourth-order valence-electron chi connectivity index (χ4n) is 9.07. The van der Waals surface area contributed by atoms with E-state index in [0.29, 0.717) is 17.4 Å². The Labute approximate surface area is 458 Å². The number of rotatable bonds is 58. The maximum atomic E-state index is 12.8. The van der Waals surface area contributed by atoms with Crippen LogP contribution in [-0.4, -0.2) is 74.9 Å². The van der Waals surface area contributed by atoms with E-state index in [9.17, 15) is 19.0 Å². The van der Waals surface area contributed by atoms with Gasteiger partial charge in [-0.2, -0.15) is 0 Å². The molecule has 0 amide bonds. The summed E-state index contributed by atoms with van der Waals surface area (Å²) in [6.45, 7) is 4.33. The number of quaternary nitrogens is 1. The van der Waals surface area contributed by atoms with Crippen LogP contribution < -0.4 is 0 Å². The maximum absolute atomic E-state index is 12.8. The number of esters is 2. The van der Waals surface area contributed by atoms with Gasteiger partial charge in [-0.1, -0.05) is 281 Å². The summed E-state index contributed by atoms with van der Waals surface area (Å²) in [6, 6.07) is 0. The van der Waals surface area contributed by atoms with E-state index >= 15 is 0 Å². The van der Waals surface area contributed by atoms with Crippen LogP contribution in [0.5, 0.6) is 0 Å². The molecule has 9 nitrogen and oxygen atoms in total. The van der Waals surface area contributed by atoms with Crippen molar-refractivity contribution in [2.45, 2.75) is 302 Å². The number of likely N-dealkylation sites (N-methyl/N-ethyl adjacent to an activating group) is 1. The summed E-state index contributed by atoms with van der Waals surface area (Å²) in [6.07, 6.45) is 70.8. The molecule has 1 N–H and O–H groups in total. The molecule has 0 rings (SSSR count). The van der Waals surface area contributed by atoms with Crippen LogP contribution in [0.4, 0.5) is 0 Å². The van der Waals surface area contributed by atoms with Gasteiger partial charge in [0, 0.05) is 12.8 Å². The SMILES string of the molecule is CC/C=C\C/C=C\C/C=C\C/C=C\CCCCCCC(=O)OC(COC(=O)CCCCCCCCCCCCCCCCCCCCCCCCCCCCCCCCCCC)COP(=O)(O)OCC[N+](C)(C)C. The second-order valence-corrected chi connectivity index (χ2v) is 23.9. The number of hydrogen-bond donors (Lipinski definition) is 1. The van der Waals surface area contributed by atoms with Gasteiger partial charge in [0.2, 0.25) is 0 Å². The van der Waals surface area contributed by atoms with Crippen LogP contribution in [0.1, 0.15) is 296 Å². The molecule has 0 radical (unpaired) electrons. The van der Waals surface area contributed by atoms with Crippen molar-refractivity contribution in [1.29, 1.82) is 0 Å². The average molecular weight is 1060 g/mol. The Morgan fingerprint density at radius 1 is 0.432 bits per heavy atom. The molecule has 0 spiro atoms. The van der Waals surface area contributed by atoms with E-state index in [4.69, 9.17) is 18.5 Å². The first-order valence-corrected chi connectivity index (χ1v) is 32.9. The molecule has 0 aromatic carbocycles. The summed E-state index contributed by atoms with van der Waals surface area (Å²) in [5.41, 5.74) is 0. The molecule has 0 aliphatic carbocycles. The molecule has 0 fully saturated rings. The molecular weight excluding hydrogens is 942 g/mol. The fraction of sp³-hybridized carbons (Fsp3) is 0.844. The number of nitrogens with zero attached hydrogens (tertiary/aromatic N) is 1. The third-order valence-electron chi connectivity index (χ3n) is 13.9. The molecule has 74 heavy (non-hydrogen) atoms. The Bertz CT molecular complexity index is 1390. The smallest absolute Gasteiger partial charge is 0.462 e. The van der Waals surface area contributed by atoms with Crippen molar-refractivity contribution in [2.75, 3.05) is 47.5 Å². The quantitative estimate of drug-likeness (QED) is 0.0211. The lowest BCUT2D eigenvalue weighted by molar-refractivity contribution is -0.870. The van der Waals surface area contributed by atoms with E-state index in [1.165, 1.54) is 193 Å². The van der Waals surface area contributed by atoms with E-state index in [-0.39, 0.29) is 32.0 Å². The lowest BCUT2D eigenvalue weighted by Gasteiger charge is -2.24. The number of carbonyl (C=O) groups is 2. The first kappa shape index (κ1) is 72.0. The summed E-state index contributed by atoms with van der Waals surface area (Å²) in [5, 5.41) is 0. The molecule has 0 bridgehead atoms. The minimum Gasteiger partial charge on any atom is -0.462 e. The van der Waals surface area contributed by atoms with E-state index in [1.807, 2.05) is 21.1 Å². The van der Waals surface area contributed by atoms with Gasteiger partial charge in [-0.15, -0.1) is 0 Å². The molecule has 0 aliphatic heterocycles. The third kappa shape index (κ3) is 59.2. The van der Waals surface area contributed by atoms with E-state index in [1.54, 1.807) is 0 Å². The van der Waals surface area contributed by atoms with E-state index in [2.05, 4.69) is 62.5 Å². The van der Waals surface area contributed by atoms with Gasteiger partial charge in [-0.05, 0) is 51.4 Å². The molecule has 0 saturated heterocycles. The number of ether oxygens (including phenoxy) is 2. The van der Waals surface area contributed by atoms with Gasteiger partial charge in [0.15, 0.2) is 6.10 Å². The maximum Gasteiger partial charge on any atom is 0.472 e. The molecule has 0 aromatic rings. The second kappa shape index (κ2) is 55.7. The zero-order valence-electron chi connectivity index (χ0n) is 49.3. The average Bonchev–Trinajstić information content (AvgIpc) is 3.36. The lowest BCUT2D eigenvalue weighted by atomic mass is 10.0. The van der Waals surface area contributed by atoms with Crippen molar-refractivity contribution in [3.05, 3.63) is 48.6 Å². The highest BCUT2D eigenvalue weighted by atomic mass is 31.2. The van der Waals surface area contributed by atoms with Gasteiger partial charge < -0.3 is 18.9 Å². The minimum atomic E-state index is -4.39. The number of allylic oxidation sites excluding steroid dienone is 8. The first-order valence-electron chi connectivity index (χ1n) is 31.4. The summed E-state index contributed by atoms with van der Waals surface area (Å²) >= 11 is 0. The highest BCUT2D eigenvalue weighted by molar-refractivity contribution is 7.47. The Morgan fingerprint density at radius 3 is 1.15 bits per heavy atom. The van der Waals surface area contributed by atoms with Crippen molar-refractivity contribution >= 4 is 19.8 Å². The van der Waals surface area contributed by atoms with Crippen LogP contribution >= 0.6 is 7.82 Å². The third-order valence-corrected chi connectivity index (χ3v) is 14.9. The summed E-state index contributed by atoms with van der Waals surface area (Å²) < 4.78 is 34.5. The van der Waals surface area contributed by atoms with Crippen LogP contribution in [0.3, 0.4) is 0 Å². The summed E-state index contributed by atoms with van der Waals surface area (Å²) in [5.74, 6) is -0.815. The summed E-state index contributed by atoms with van der Waals surface area (Å²) in [7, 11) is 1.47. The monoisotopic (exact) mass is 1060 g/mol. The number of unbranched alkanes of at least 4 members (excludes halogenated alkanes) is 36. The van der Waals surface area contributed by atoms with Crippen molar-refractivity contribution < 1.29 is 42.1 Å². The molecule has 434 valence electrons. The lowest BCUT2D eigenvalue weighted by Crippen LogP contribution is -2.37. The molecule has 2 atom stereocenters. The molecule has 0 heterocycles. The standard InChI is InChI=1S/C64H120NO8P/c1-6-8-10-12-14-16-18-20-22-24-25-26-27-28-29-30-31-32-33-34-35-36-37-38-39-41-42-44-46-48-50-52-54-56-63(66)70-60-62(61-72-74(68,69)71-59-58-65(3,4)5)73-64(67)57-55-53-51-49-47-45-43-40-23-21-19-17-15-13-11-9-7-2/h9,11,15,17,21,23,43,45,62H,6-8,10,12-14,16,18-20,22,24-42,44,46-61H2,1-5H3/p+1/b11-9-,17-15-,23-21-,45-43-. The normalized spacial score (nSPS) is 13.5. The number of phosphoric ester groups is 1. The fourth-order valence-corrected chi connectivity index (χ4v) is 9.81. The zero-order valence-corrected chi connectivity index (χ0v) is 50.2. The highest BCUT2D eigenvalue weighted by Gasteiger charge is 2.27. The Morgan fingerprint density at radius 2 is 0.770 bits per heavy atom. The Hall–Kier alpha value is -2.03. The molecule has 0 aliphatic rings. The predicted octanol–water partition coefficient (Wildman–Crippen LogP) is 19.7. The second-order valence-electron chi connectivity index (χ2n) is 22.4. The molecule has 10 heteroatoms. The van der Waals surface area contributed by atoms with Gasteiger partial charge in [0.05, 0.1) is 27.7 Å². The van der Waals surface area contributed by atoms with Crippen LogP contribution in [0, 0.1) is 0 Å². The van der Waals surface area contributed by atoms with Crippen molar-refractivity contribution in [3.8, 4) is 0 Å². The van der Waals surface area contributed by atoms with Gasteiger partial charge in [0.1, 0.15) is 19.8 Å². The van der Waals surface area contributed by atoms with Gasteiger partial charge in [-0.3, -0.25) is 18.6 Å². The van der Waals surface area contributed by atoms with E-state index < -0.39 is 26.5 Å². The van der Waals surface area contributed by atoms with E-state index in [0.717, 1.165) is 70.6 Å². The first-order chi connectivity index (χ1) is 36.0. The van der Waals surface area contributed by atoms with Crippen molar-refractivity contribution in [2.24, 2.45) is 0 Å². The van der Waals surface area contributed by atoms with Gasteiger partial charge in [-0.25, -0.2) is 4.57 Å². The number of hydrogen-bond acceptors (Lipinski definition) is 7. The Kier molecular flexibility index (Phi) is 54.2. The molecular formula is C64H121NO8P+.